The van der Waals surface area contributed by atoms with Gasteiger partial charge in [-0.15, -0.1) is 11.8 Å². The fourth-order valence-electron chi connectivity index (χ4n) is 3.81. The summed E-state index contributed by atoms with van der Waals surface area (Å²) in [6.07, 6.45) is 15.1. The maximum atomic E-state index is 12.5. The number of hydrogen-bond donors (Lipinski definition) is 1. The smallest absolute Gasteiger partial charge is 0.246 e. The Kier molecular flexibility index (Phi) is 5.36. The largest absolute Gasteiger partial charge is 0.357 e. The van der Waals surface area contributed by atoms with Gasteiger partial charge < -0.3 is 19.4 Å². The number of rotatable bonds is 5. The van der Waals surface area contributed by atoms with E-state index in [-0.39, 0.29) is 22.6 Å². The van der Waals surface area contributed by atoms with Gasteiger partial charge in [-0.25, -0.2) is 4.98 Å². The lowest BCUT2D eigenvalue weighted by Crippen LogP contribution is -2.68. The molecule has 2 aliphatic rings. The summed E-state index contributed by atoms with van der Waals surface area (Å²) < 4.78 is 3.73. The van der Waals surface area contributed by atoms with Crippen molar-refractivity contribution in [2.45, 2.75) is 17.2 Å². The average Bonchev–Trinajstić information content (AvgIpc) is 3.37. The molecule has 4 rings (SSSR count). The van der Waals surface area contributed by atoms with Gasteiger partial charge in [-0.1, -0.05) is 0 Å². The molecule has 8 heteroatoms. The number of nitrogens with one attached hydrogen (secondary N) is 1. The minimum atomic E-state index is -0.115. The molecule has 0 saturated carbocycles. The molecule has 0 aliphatic carbocycles. The molecule has 1 atom stereocenters. The minimum absolute atomic E-state index is 0.0205. The molecule has 1 N–H and O–H groups in total. The van der Waals surface area contributed by atoms with Gasteiger partial charge in [-0.3, -0.25) is 9.59 Å². The second-order valence-electron chi connectivity index (χ2n) is 7.70. The van der Waals surface area contributed by atoms with Crippen LogP contribution in [0.4, 0.5) is 0 Å². The molecule has 2 aliphatic heterocycles. The van der Waals surface area contributed by atoms with E-state index in [9.17, 15) is 9.59 Å². The fourth-order valence-corrected chi connectivity index (χ4v) is 5.44. The van der Waals surface area contributed by atoms with Gasteiger partial charge >= 0.3 is 0 Å². The highest BCUT2D eigenvalue weighted by atomic mass is 32.2. The van der Waals surface area contributed by atoms with Crippen molar-refractivity contribution in [3.05, 3.63) is 54.4 Å². The molecule has 0 radical (unpaired) electrons. The average molecular weight is 412 g/mol. The number of nitrogens with zero attached hydrogens (tertiary/aromatic N) is 4. The van der Waals surface area contributed by atoms with Crippen molar-refractivity contribution in [3.8, 4) is 0 Å². The maximum Gasteiger partial charge on any atom is 0.246 e. The van der Waals surface area contributed by atoms with Crippen LogP contribution in [0.25, 0.3) is 12.2 Å². The van der Waals surface area contributed by atoms with Crippen molar-refractivity contribution >= 4 is 35.7 Å². The van der Waals surface area contributed by atoms with E-state index in [1.807, 2.05) is 70.6 Å². The Morgan fingerprint density at radius 2 is 2.03 bits per heavy atom. The van der Waals surface area contributed by atoms with Crippen molar-refractivity contribution in [2.75, 3.05) is 18.8 Å². The Morgan fingerprint density at radius 1 is 1.21 bits per heavy atom. The van der Waals surface area contributed by atoms with E-state index in [4.69, 9.17) is 0 Å². The molecule has 2 saturated heterocycles. The molecular weight excluding hydrogens is 386 g/mol. The zero-order valence-corrected chi connectivity index (χ0v) is 17.4. The van der Waals surface area contributed by atoms with E-state index in [0.717, 1.165) is 23.4 Å². The summed E-state index contributed by atoms with van der Waals surface area (Å²) in [5, 5.41) is 3.13. The summed E-state index contributed by atoms with van der Waals surface area (Å²) in [4.78, 5) is 30.8. The summed E-state index contributed by atoms with van der Waals surface area (Å²) in [5.74, 6) is 0.903. The number of amides is 2. The molecule has 4 heterocycles. The van der Waals surface area contributed by atoms with E-state index < -0.39 is 0 Å². The van der Waals surface area contributed by atoms with E-state index >= 15 is 0 Å². The molecule has 2 aromatic rings. The van der Waals surface area contributed by atoms with Crippen LogP contribution < -0.4 is 5.32 Å². The van der Waals surface area contributed by atoms with Crippen molar-refractivity contribution < 1.29 is 9.59 Å². The zero-order chi connectivity index (χ0) is 20.4. The summed E-state index contributed by atoms with van der Waals surface area (Å²) >= 11 is 1.86. The first-order valence-electron chi connectivity index (χ1n) is 9.63. The third-order valence-electron chi connectivity index (χ3n) is 5.38. The van der Waals surface area contributed by atoms with Gasteiger partial charge in [-0.2, -0.15) is 0 Å². The molecule has 0 bridgehead atoms. The second-order valence-corrected chi connectivity index (χ2v) is 9.21. The van der Waals surface area contributed by atoms with Crippen LogP contribution in [-0.2, 0) is 23.7 Å². The number of carbonyl (C=O) groups excluding carboxylic acids is 2. The summed E-state index contributed by atoms with van der Waals surface area (Å²) in [7, 11) is 3.85. The number of aryl methyl sites for hydroxylation is 2. The normalized spacial score (nSPS) is 20.6. The number of carbonyl (C=O) groups is 2. The number of imidazole rings is 1. The first-order chi connectivity index (χ1) is 13.9. The topological polar surface area (TPSA) is 72.2 Å². The van der Waals surface area contributed by atoms with Crippen molar-refractivity contribution in [1.82, 2.24) is 24.3 Å². The Labute approximate surface area is 174 Å². The molecular formula is C21H25N5O2S. The maximum absolute atomic E-state index is 12.5. The van der Waals surface area contributed by atoms with Crippen LogP contribution in [0.1, 0.15) is 17.7 Å². The third kappa shape index (κ3) is 4.32. The third-order valence-corrected chi connectivity index (χ3v) is 6.94. The lowest BCUT2D eigenvalue weighted by molar-refractivity contribution is -0.131. The lowest BCUT2D eigenvalue weighted by atomic mass is 9.88. The number of hydrogen-bond acceptors (Lipinski definition) is 4. The Morgan fingerprint density at radius 3 is 2.72 bits per heavy atom. The van der Waals surface area contributed by atoms with Gasteiger partial charge in [0.15, 0.2) is 0 Å². The Hall–Kier alpha value is -2.74. The highest BCUT2D eigenvalue weighted by Gasteiger charge is 2.53. The lowest BCUT2D eigenvalue weighted by Gasteiger charge is -2.50. The predicted octanol–water partition coefficient (Wildman–Crippen LogP) is 1.69. The van der Waals surface area contributed by atoms with E-state index in [0.29, 0.717) is 13.1 Å². The summed E-state index contributed by atoms with van der Waals surface area (Å²) in [6.45, 7) is 1.34. The molecule has 2 aromatic heterocycles. The van der Waals surface area contributed by atoms with Crippen LogP contribution in [-0.4, -0.2) is 60.5 Å². The number of thioether (sulfide) groups is 1. The second kappa shape index (κ2) is 7.94. The SMILES string of the molecule is Cn1ccc(/C=C/C(=O)N2CC3(C2)SCCC3NC(=O)/C=C/c2cn(C)cn2)c1. The highest BCUT2D eigenvalue weighted by Crippen LogP contribution is 2.45. The van der Waals surface area contributed by atoms with Gasteiger partial charge in [0.1, 0.15) is 0 Å². The monoisotopic (exact) mass is 411 g/mol. The van der Waals surface area contributed by atoms with Crippen molar-refractivity contribution in [2.24, 2.45) is 14.1 Å². The molecule has 2 amide bonds. The molecule has 1 spiro atoms. The summed E-state index contributed by atoms with van der Waals surface area (Å²) in [6, 6.07) is 2.05. The van der Waals surface area contributed by atoms with Crippen LogP contribution >= 0.6 is 11.8 Å². The zero-order valence-electron chi connectivity index (χ0n) is 16.6. The molecule has 29 heavy (non-hydrogen) atoms. The van der Waals surface area contributed by atoms with Gasteiger partial charge in [0, 0.05) is 64.0 Å². The first kappa shape index (κ1) is 19.6. The van der Waals surface area contributed by atoms with Crippen molar-refractivity contribution in [1.29, 1.82) is 0 Å². The van der Waals surface area contributed by atoms with Crippen LogP contribution in [0.3, 0.4) is 0 Å². The summed E-state index contributed by atoms with van der Waals surface area (Å²) in [5.41, 5.74) is 1.76. The minimum Gasteiger partial charge on any atom is -0.357 e. The van der Waals surface area contributed by atoms with Gasteiger partial charge in [0.2, 0.25) is 11.8 Å². The van der Waals surface area contributed by atoms with E-state index in [1.165, 1.54) is 6.08 Å². The van der Waals surface area contributed by atoms with Crippen LogP contribution in [0.2, 0.25) is 0 Å². The quantitative estimate of drug-likeness (QED) is 0.760. The Balaban J connectivity index is 1.31. The molecule has 1 unspecified atom stereocenters. The van der Waals surface area contributed by atoms with Crippen LogP contribution in [0.15, 0.2) is 43.1 Å². The standard InChI is InChI=1S/C21H25N5O2S/c1-24-9-7-16(11-24)3-6-20(28)26-13-21(14-26)18(8-10-29-21)23-19(27)5-4-17-12-25(2)15-22-17/h3-7,9,11-12,15,18H,8,10,13-14H2,1-2H3,(H,23,27)/b5-4+,6-3+. The van der Waals surface area contributed by atoms with Crippen LogP contribution in [0, 0.1) is 0 Å². The molecule has 0 aromatic carbocycles. The van der Waals surface area contributed by atoms with Gasteiger partial charge in [-0.05, 0) is 36.0 Å². The van der Waals surface area contributed by atoms with Gasteiger partial charge in [0.25, 0.3) is 0 Å². The van der Waals surface area contributed by atoms with Gasteiger partial charge in [0.05, 0.1) is 16.8 Å². The molecule has 2 fully saturated rings. The van der Waals surface area contributed by atoms with E-state index in [2.05, 4.69) is 10.3 Å². The highest BCUT2D eigenvalue weighted by molar-refractivity contribution is 8.01. The molecule has 7 nitrogen and oxygen atoms in total. The number of likely N-dealkylation sites (tertiary alicyclic amines) is 1. The van der Waals surface area contributed by atoms with Crippen LogP contribution in [0.5, 0.6) is 0 Å². The predicted molar refractivity (Wildman–Crippen MR) is 115 cm³/mol. The fraction of sp³-hybridized carbons (Fsp3) is 0.381. The number of aromatic nitrogens is 3. The van der Waals surface area contributed by atoms with Crippen molar-refractivity contribution in [3.63, 3.8) is 0 Å². The Bertz CT molecular complexity index is 967. The van der Waals surface area contributed by atoms with E-state index in [1.54, 1.807) is 18.5 Å². The molecule has 152 valence electrons. The first-order valence-corrected chi connectivity index (χ1v) is 10.6.